The molecular formula is C20H21ClN2O2. The maximum atomic E-state index is 12.6. The van der Waals surface area contributed by atoms with E-state index >= 15 is 0 Å². The van der Waals surface area contributed by atoms with Gasteiger partial charge < -0.3 is 10.2 Å². The highest BCUT2D eigenvalue weighted by molar-refractivity contribution is 6.30. The van der Waals surface area contributed by atoms with Crippen molar-refractivity contribution in [2.24, 2.45) is 5.92 Å². The Hall–Kier alpha value is -2.33. The molecule has 2 aromatic carbocycles. The number of carbonyl (C=O) groups excluding carboxylic acids is 2. The van der Waals surface area contributed by atoms with E-state index in [0.29, 0.717) is 17.3 Å². The zero-order chi connectivity index (χ0) is 18.0. The first-order valence-electron chi connectivity index (χ1n) is 8.45. The third-order valence-electron chi connectivity index (χ3n) is 4.56. The fourth-order valence-corrected chi connectivity index (χ4v) is 3.49. The molecule has 25 heavy (non-hydrogen) atoms. The van der Waals surface area contributed by atoms with E-state index in [1.807, 2.05) is 25.1 Å². The van der Waals surface area contributed by atoms with Gasteiger partial charge in [-0.2, -0.15) is 0 Å². The summed E-state index contributed by atoms with van der Waals surface area (Å²) < 4.78 is 0. The Kier molecular flexibility index (Phi) is 5.09. The molecule has 0 radical (unpaired) electrons. The highest BCUT2D eigenvalue weighted by Gasteiger charge is 2.36. The predicted molar refractivity (Wildman–Crippen MR) is 101 cm³/mol. The van der Waals surface area contributed by atoms with Crippen molar-refractivity contribution in [1.82, 2.24) is 0 Å². The molecule has 0 spiro atoms. The van der Waals surface area contributed by atoms with Crippen LogP contribution in [0.3, 0.4) is 0 Å². The molecule has 1 aliphatic rings. The number of aryl methyl sites for hydroxylation is 2. The van der Waals surface area contributed by atoms with Gasteiger partial charge in [0.25, 0.3) is 0 Å². The third-order valence-corrected chi connectivity index (χ3v) is 4.80. The number of carbonyl (C=O) groups is 2. The van der Waals surface area contributed by atoms with Crippen LogP contribution in [0.2, 0.25) is 5.02 Å². The molecule has 1 atom stereocenters. The van der Waals surface area contributed by atoms with Gasteiger partial charge >= 0.3 is 0 Å². The van der Waals surface area contributed by atoms with Crippen molar-refractivity contribution in [2.75, 3.05) is 16.8 Å². The van der Waals surface area contributed by atoms with Crippen LogP contribution in [-0.2, 0) is 16.0 Å². The summed E-state index contributed by atoms with van der Waals surface area (Å²) in [5.74, 6) is -0.518. The van der Waals surface area contributed by atoms with E-state index in [1.54, 1.807) is 29.2 Å². The van der Waals surface area contributed by atoms with Gasteiger partial charge in [-0.3, -0.25) is 9.59 Å². The van der Waals surface area contributed by atoms with Crippen LogP contribution >= 0.6 is 11.6 Å². The van der Waals surface area contributed by atoms with Crippen molar-refractivity contribution >= 4 is 34.8 Å². The molecule has 1 saturated heterocycles. The summed E-state index contributed by atoms with van der Waals surface area (Å²) in [6.07, 6.45) is 1.07. The van der Waals surface area contributed by atoms with Crippen molar-refractivity contribution in [3.8, 4) is 0 Å². The number of hydrogen-bond donors (Lipinski definition) is 1. The number of anilines is 2. The molecular weight excluding hydrogens is 336 g/mol. The number of nitrogens with zero attached hydrogens (tertiary/aromatic N) is 1. The second-order valence-electron chi connectivity index (χ2n) is 6.34. The first-order valence-corrected chi connectivity index (χ1v) is 8.82. The molecule has 3 rings (SSSR count). The molecule has 1 fully saturated rings. The average Bonchev–Trinajstić information content (AvgIpc) is 2.96. The molecule has 4 nitrogen and oxygen atoms in total. The summed E-state index contributed by atoms with van der Waals surface area (Å²) in [5.41, 5.74) is 3.79. The van der Waals surface area contributed by atoms with Gasteiger partial charge in [-0.1, -0.05) is 42.8 Å². The predicted octanol–water partition coefficient (Wildman–Crippen LogP) is 4.20. The Bertz CT molecular complexity index is 819. The fraction of sp³-hybridized carbons (Fsp3) is 0.300. The summed E-state index contributed by atoms with van der Waals surface area (Å²) in [7, 11) is 0. The smallest absolute Gasteiger partial charge is 0.229 e. The summed E-state index contributed by atoms with van der Waals surface area (Å²) in [4.78, 5) is 26.9. The van der Waals surface area contributed by atoms with E-state index in [1.165, 1.54) is 0 Å². The van der Waals surface area contributed by atoms with Gasteiger partial charge in [0.1, 0.15) is 0 Å². The van der Waals surface area contributed by atoms with E-state index in [0.717, 1.165) is 23.2 Å². The maximum absolute atomic E-state index is 12.6. The lowest BCUT2D eigenvalue weighted by atomic mass is 10.0. The normalized spacial score (nSPS) is 17.0. The summed E-state index contributed by atoms with van der Waals surface area (Å²) in [6, 6.07) is 13.1. The van der Waals surface area contributed by atoms with Gasteiger partial charge in [-0.05, 0) is 42.7 Å². The van der Waals surface area contributed by atoms with Gasteiger partial charge in [-0.15, -0.1) is 0 Å². The topological polar surface area (TPSA) is 49.4 Å². The van der Waals surface area contributed by atoms with E-state index in [2.05, 4.69) is 12.2 Å². The fourth-order valence-electron chi connectivity index (χ4n) is 3.30. The van der Waals surface area contributed by atoms with Crippen molar-refractivity contribution in [3.63, 3.8) is 0 Å². The van der Waals surface area contributed by atoms with Crippen molar-refractivity contribution < 1.29 is 9.59 Å². The molecule has 1 N–H and O–H groups in total. The van der Waals surface area contributed by atoms with Crippen LogP contribution in [0.5, 0.6) is 0 Å². The Morgan fingerprint density at radius 1 is 1.28 bits per heavy atom. The minimum Gasteiger partial charge on any atom is -0.326 e. The molecule has 2 aromatic rings. The Morgan fingerprint density at radius 2 is 2.04 bits per heavy atom. The van der Waals surface area contributed by atoms with Crippen molar-refractivity contribution in [1.29, 1.82) is 0 Å². The molecule has 1 unspecified atom stereocenters. The van der Waals surface area contributed by atoms with Gasteiger partial charge in [-0.25, -0.2) is 0 Å². The highest BCUT2D eigenvalue weighted by Crippen LogP contribution is 2.32. The summed E-state index contributed by atoms with van der Waals surface area (Å²) in [5, 5.41) is 3.42. The van der Waals surface area contributed by atoms with E-state index in [9.17, 15) is 9.59 Å². The highest BCUT2D eigenvalue weighted by atomic mass is 35.5. The van der Waals surface area contributed by atoms with Crippen LogP contribution < -0.4 is 10.2 Å². The molecule has 130 valence electrons. The number of para-hydroxylation sites is 1. The second-order valence-corrected chi connectivity index (χ2v) is 6.78. The minimum atomic E-state index is -0.365. The zero-order valence-electron chi connectivity index (χ0n) is 14.4. The van der Waals surface area contributed by atoms with Gasteiger partial charge in [0.05, 0.1) is 5.92 Å². The quantitative estimate of drug-likeness (QED) is 0.892. The third kappa shape index (κ3) is 3.69. The van der Waals surface area contributed by atoms with Crippen LogP contribution in [0.4, 0.5) is 11.4 Å². The number of amides is 2. The lowest BCUT2D eigenvalue weighted by Gasteiger charge is -2.22. The van der Waals surface area contributed by atoms with E-state index in [4.69, 9.17) is 11.6 Å². The number of rotatable bonds is 4. The van der Waals surface area contributed by atoms with E-state index in [-0.39, 0.29) is 24.2 Å². The number of benzene rings is 2. The first kappa shape index (κ1) is 17.5. The monoisotopic (exact) mass is 356 g/mol. The number of nitrogens with one attached hydrogen (secondary N) is 1. The van der Waals surface area contributed by atoms with Crippen LogP contribution in [0.15, 0.2) is 42.5 Å². The average molecular weight is 357 g/mol. The number of hydrogen-bond acceptors (Lipinski definition) is 2. The second kappa shape index (κ2) is 7.28. The summed E-state index contributed by atoms with van der Waals surface area (Å²) in [6.45, 7) is 4.48. The summed E-state index contributed by atoms with van der Waals surface area (Å²) >= 11 is 5.95. The lowest BCUT2D eigenvalue weighted by molar-refractivity contribution is -0.122. The van der Waals surface area contributed by atoms with Crippen LogP contribution in [0, 0.1) is 12.8 Å². The molecule has 5 heteroatoms. The van der Waals surface area contributed by atoms with Gasteiger partial charge in [0, 0.05) is 29.4 Å². The first-order chi connectivity index (χ1) is 12.0. The molecule has 0 aromatic heterocycles. The molecule has 0 aliphatic carbocycles. The molecule has 1 aliphatic heterocycles. The molecule has 0 bridgehead atoms. The van der Waals surface area contributed by atoms with Crippen LogP contribution in [0.1, 0.15) is 24.5 Å². The molecule has 2 amide bonds. The van der Waals surface area contributed by atoms with Gasteiger partial charge in [0.2, 0.25) is 11.8 Å². The van der Waals surface area contributed by atoms with E-state index < -0.39 is 0 Å². The Balaban J connectivity index is 1.78. The largest absolute Gasteiger partial charge is 0.326 e. The van der Waals surface area contributed by atoms with Crippen LogP contribution in [-0.4, -0.2) is 18.4 Å². The number of halogens is 1. The SMILES string of the molecule is CCc1cccc(C)c1N1CC(C(=O)Nc2cccc(Cl)c2)CC1=O. The molecule has 1 heterocycles. The maximum Gasteiger partial charge on any atom is 0.229 e. The van der Waals surface area contributed by atoms with Crippen LogP contribution in [0.25, 0.3) is 0 Å². The minimum absolute atomic E-state index is 0.00440. The standard InChI is InChI=1S/C20H21ClN2O2/c1-3-14-7-4-6-13(2)19(14)23-12-15(10-18(23)24)20(25)22-17-9-5-8-16(21)11-17/h4-9,11,15H,3,10,12H2,1-2H3,(H,22,25). The Morgan fingerprint density at radius 3 is 2.76 bits per heavy atom. The lowest BCUT2D eigenvalue weighted by Crippen LogP contribution is -2.29. The molecule has 0 saturated carbocycles. The zero-order valence-corrected chi connectivity index (χ0v) is 15.1. The Labute approximate surface area is 152 Å². The van der Waals surface area contributed by atoms with Gasteiger partial charge in [0.15, 0.2) is 0 Å². The van der Waals surface area contributed by atoms with Crippen molar-refractivity contribution in [2.45, 2.75) is 26.7 Å². The van der Waals surface area contributed by atoms with Crippen molar-refractivity contribution in [3.05, 3.63) is 58.6 Å².